The number of carbonyl (C=O) groups is 2. The molecule has 1 aromatic carbocycles. The molecule has 1 N–H and O–H groups in total. The molecule has 0 saturated carbocycles. The van der Waals surface area contributed by atoms with Gasteiger partial charge in [-0.25, -0.2) is 0 Å². The van der Waals surface area contributed by atoms with Gasteiger partial charge in [0.2, 0.25) is 5.91 Å². The number of amides is 1. The molecule has 0 aliphatic carbocycles. The molecule has 29 heavy (non-hydrogen) atoms. The van der Waals surface area contributed by atoms with E-state index in [0.717, 1.165) is 24.0 Å². The summed E-state index contributed by atoms with van der Waals surface area (Å²) in [5, 5.41) is 8.12. The molecule has 1 aliphatic rings. The summed E-state index contributed by atoms with van der Waals surface area (Å²) in [6, 6.07) is 7.61. The maximum absolute atomic E-state index is 12.5. The number of hydrogen-bond donors (Lipinski definition) is 1. The number of aromatic nitrogens is 3. The van der Waals surface area contributed by atoms with Crippen LogP contribution in [0.3, 0.4) is 0 Å². The lowest BCUT2D eigenvalue weighted by Gasteiger charge is -2.31. The molecule has 3 rings (SSSR count). The second kappa shape index (κ2) is 9.45. The van der Waals surface area contributed by atoms with Crippen molar-refractivity contribution in [1.29, 1.82) is 0 Å². The lowest BCUT2D eigenvalue weighted by Crippen LogP contribution is -2.43. The third kappa shape index (κ3) is 5.28. The minimum Gasteiger partial charge on any atom is -0.466 e. The Morgan fingerprint density at radius 3 is 2.69 bits per heavy atom. The van der Waals surface area contributed by atoms with Crippen molar-refractivity contribution in [3.63, 3.8) is 0 Å². The van der Waals surface area contributed by atoms with E-state index in [4.69, 9.17) is 4.74 Å². The van der Waals surface area contributed by atoms with E-state index in [1.165, 1.54) is 0 Å². The van der Waals surface area contributed by atoms with Gasteiger partial charge < -0.3 is 14.6 Å². The van der Waals surface area contributed by atoms with E-state index in [0.29, 0.717) is 25.5 Å². The highest BCUT2D eigenvalue weighted by atomic mass is 16.5. The number of rotatable bonds is 6. The topological polar surface area (TPSA) is 105 Å². The van der Waals surface area contributed by atoms with Gasteiger partial charge in [0, 0.05) is 31.5 Å². The Labute approximate surface area is 169 Å². The van der Waals surface area contributed by atoms with Crippen molar-refractivity contribution in [1.82, 2.24) is 20.1 Å². The number of nitrogens with zero attached hydrogens (tertiary/aromatic N) is 3. The molecule has 0 unspecified atom stereocenters. The van der Waals surface area contributed by atoms with E-state index >= 15 is 0 Å². The van der Waals surface area contributed by atoms with Gasteiger partial charge in [-0.15, -0.1) is 10.2 Å². The van der Waals surface area contributed by atoms with E-state index < -0.39 is 0 Å². The van der Waals surface area contributed by atoms with Crippen LogP contribution in [0.1, 0.15) is 37.4 Å². The molecule has 0 bridgehead atoms. The van der Waals surface area contributed by atoms with Crippen LogP contribution in [0.5, 0.6) is 0 Å². The van der Waals surface area contributed by atoms with Crippen LogP contribution in [0.25, 0.3) is 11.4 Å². The zero-order chi connectivity index (χ0) is 20.8. The first-order valence-corrected chi connectivity index (χ1v) is 9.95. The summed E-state index contributed by atoms with van der Waals surface area (Å²) in [6.07, 6.45) is 1.85. The molecule has 8 heteroatoms. The summed E-state index contributed by atoms with van der Waals surface area (Å²) in [5.74, 6) is -0.218. The third-order valence-electron chi connectivity index (χ3n) is 5.06. The van der Waals surface area contributed by atoms with Crippen LogP contribution in [0, 0.1) is 12.8 Å². The average Bonchev–Trinajstić information content (AvgIpc) is 2.73. The number of hydrogen-bond acceptors (Lipinski definition) is 6. The van der Waals surface area contributed by atoms with Gasteiger partial charge in [0.25, 0.3) is 5.56 Å². The van der Waals surface area contributed by atoms with Gasteiger partial charge in [-0.2, -0.15) is 0 Å². The molecule has 1 atom stereocenters. The minimum absolute atomic E-state index is 0.0946. The standard InChI is InChI=1S/C21H26N4O4/c1-3-29-21(28)16-5-4-12-25(13-16)18(26)11-10-17-20(27)22-19(24-23-17)15-8-6-14(2)7-9-15/h6-9,16H,3-5,10-13H2,1-2H3,(H,22,24,27)/t16-/m0/s1. The Morgan fingerprint density at radius 2 is 2.00 bits per heavy atom. The van der Waals surface area contributed by atoms with Crippen LogP contribution in [-0.2, 0) is 20.7 Å². The maximum atomic E-state index is 12.5. The van der Waals surface area contributed by atoms with Crippen LogP contribution >= 0.6 is 0 Å². The number of nitrogens with one attached hydrogen (secondary N) is 1. The molecule has 1 saturated heterocycles. The Balaban J connectivity index is 1.59. The number of esters is 1. The molecule has 1 amide bonds. The van der Waals surface area contributed by atoms with E-state index in [9.17, 15) is 14.4 Å². The fourth-order valence-corrected chi connectivity index (χ4v) is 3.40. The summed E-state index contributed by atoms with van der Waals surface area (Å²) < 4.78 is 5.07. The first-order valence-electron chi connectivity index (χ1n) is 9.95. The lowest BCUT2D eigenvalue weighted by molar-refractivity contribution is -0.151. The normalized spacial score (nSPS) is 16.5. The second-order valence-corrected chi connectivity index (χ2v) is 7.25. The highest BCUT2D eigenvalue weighted by molar-refractivity contribution is 5.78. The van der Waals surface area contributed by atoms with Gasteiger partial charge in [0.05, 0.1) is 12.5 Å². The van der Waals surface area contributed by atoms with Crippen molar-refractivity contribution in [2.75, 3.05) is 19.7 Å². The Morgan fingerprint density at radius 1 is 1.24 bits per heavy atom. The fourth-order valence-electron chi connectivity index (χ4n) is 3.40. The fraction of sp³-hybridized carbons (Fsp3) is 0.476. The number of carbonyl (C=O) groups excluding carboxylic acids is 2. The van der Waals surface area contributed by atoms with Crippen LogP contribution in [0.15, 0.2) is 29.1 Å². The molecule has 1 aromatic heterocycles. The van der Waals surface area contributed by atoms with Crippen molar-refractivity contribution in [3.05, 3.63) is 45.9 Å². The summed E-state index contributed by atoms with van der Waals surface area (Å²) in [6.45, 7) is 5.07. The zero-order valence-corrected chi connectivity index (χ0v) is 16.8. The summed E-state index contributed by atoms with van der Waals surface area (Å²) in [4.78, 5) is 41.2. The Kier molecular flexibility index (Phi) is 6.74. The predicted octanol–water partition coefficient (Wildman–Crippen LogP) is 1.87. The van der Waals surface area contributed by atoms with Crippen molar-refractivity contribution >= 4 is 11.9 Å². The number of aromatic amines is 1. The number of piperidine rings is 1. The molecule has 154 valence electrons. The largest absolute Gasteiger partial charge is 0.466 e. The Bertz CT molecular complexity index is 923. The maximum Gasteiger partial charge on any atom is 0.310 e. The van der Waals surface area contributed by atoms with Gasteiger partial charge in [-0.05, 0) is 26.7 Å². The molecule has 8 nitrogen and oxygen atoms in total. The number of aryl methyl sites for hydroxylation is 2. The van der Waals surface area contributed by atoms with Gasteiger partial charge in [-0.3, -0.25) is 14.4 Å². The predicted molar refractivity (Wildman–Crippen MR) is 107 cm³/mol. The molecule has 2 heterocycles. The number of benzene rings is 1. The van der Waals surface area contributed by atoms with E-state index in [1.54, 1.807) is 11.8 Å². The first kappa shape index (κ1) is 20.7. The molecule has 0 spiro atoms. The quantitative estimate of drug-likeness (QED) is 0.745. The number of likely N-dealkylation sites (tertiary alicyclic amines) is 1. The first-order chi connectivity index (χ1) is 14.0. The monoisotopic (exact) mass is 398 g/mol. The van der Waals surface area contributed by atoms with Gasteiger partial charge in [0.1, 0.15) is 5.69 Å². The molecule has 2 aromatic rings. The van der Waals surface area contributed by atoms with Crippen LogP contribution < -0.4 is 5.56 Å². The minimum atomic E-state index is -0.341. The average molecular weight is 398 g/mol. The molecular formula is C21H26N4O4. The Hall–Kier alpha value is -3.03. The van der Waals surface area contributed by atoms with Crippen LogP contribution in [-0.4, -0.2) is 51.7 Å². The van der Waals surface area contributed by atoms with E-state index in [1.807, 2.05) is 31.2 Å². The lowest BCUT2D eigenvalue weighted by atomic mass is 9.98. The van der Waals surface area contributed by atoms with Gasteiger partial charge >= 0.3 is 5.97 Å². The molecular weight excluding hydrogens is 372 g/mol. The smallest absolute Gasteiger partial charge is 0.310 e. The van der Waals surface area contributed by atoms with Gasteiger partial charge in [-0.1, -0.05) is 29.8 Å². The molecule has 0 radical (unpaired) electrons. The van der Waals surface area contributed by atoms with Crippen molar-refractivity contribution in [3.8, 4) is 11.4 Å². The number of ether oxygens (including phenoxy) is 1. The van der Waals surface area contributed by atoms with E-state index in [2.05, 4.69) is 15.2 Å². The summed E-state index contributed by atoms with van der Waals surface area (Å²) in [7, 11) is 0. The van der Waals surface area contributed by atoms with Crippen LogP contribution in [0.2, 0.25) is 0 Å². The third-order valence-corrected chi connectivity index (χ3v) is 5.06. The van der Waals surface area contributed by atoms with Crippen molar-refractivity contribution in [2.24, 2.45) is 5.92 Å². The second-order valence-electron chi connectivity index (χ2n) is 7.25. The molecule has 1 aliphatic heterocycles. The number of H-pyrrole nitrogens is 1. The summed E-state index contributed by atoms with van der Waals surface area (Å²) in [5.41, 5.74) is 1.78. The summed E-state index contributed by atoms with van der Waals surface area (Å²) >= 11 is 0. The van der Waals surface area contributed by atoms with Gasteiger partial charge in [0.15, 0.2) is 5.82 Å². The highest BCUT2D eigenvalue weighted by Gasteiger charge is 2.29. The van der Waals surface area contributed by atoms with Crippen LogP contribution in [0.4, 0.5) is 0 Å². The van der Waals surface area contributed by atoms with Crippen molar-refractivity contribution < 1.29 is 14.3 Å². The molecule has 1 fully saturated rings. The zero-order valence-electron chi connectivity index (χ0n) is 16.8. The van der Waals surface area contributed by atoms with E-state index in [-0.39, 0.29) is 41.9 Å². The SMILES string of the molecule is CCOC(=O)[C@H]1CCCN(C(=O)CCc2nnc(-c3ccc(C)cc3)[nH]c2=O)C1. The highest BCUT2D eigenvalue weighted by Crippen LogP contribution is 2.19. The van der Waals surface area contributed by atoms with Crippen molar-refractivity contribution in [2.45, 2.75) is 39.5 Å².